The first-order valence-electron chi connectivity index (χ1n) is 29.8. The third-order valence-corrected chi connectivity index (χ3v) is 17.1. The Balaban J connectivity index is 1.71. The molecule has 0 aliphatic carbocycles. The van der Waals surface area contributed by atoms with Crippen molar-refractivity contribution in [1.29, 1.82) is 0 Å². The van der Waals surface area contributed by atoms with Gasteiger partial charge in [0.15, 0.2) is 30.3 Å². The van der Waals surface area contributed by atoms with Crippen LogP contribution in [-0.4, -0.2) is 227 Å². The molecule has 1 amide bonds. The van der Waals surface area contributed by atoms with Gasteiger partial charge in [0.05, 0.1) is 73.4 Å². The second-order valence-electron chi connectivity index (χ2n) is 25.6. The number of amides is 1. The van der Waals surface area contributed by atoms with Crippen LogP contribution in [0.4, 0.5) is 4.79 Å². The summed E-state index contributed by atoms with van der Waals surface area (Å²) in [5.74, 6) is -7.39. The Labute approximate surface area is 488 Å². The van der Waals surface area contributed by atoms with Crippen molar-refractivity contribution in [3.05, 3.63) is 0 Å². The first kappa shape index (κ1) is 69.6. The van der Waals surface area contributed by atoms with Crippen LogP contribution in [0.25, 0.3) is 0 Å². The van der Waals surface area contributed by atoms with Crippen LogP contribution >= 0.6 is 0 Å². The molecule has 5 fully saturated rings. The zero-order valence-corrected chi connectivity index (χ0v) is 52.7. The lowest BCUT2D eigenvalue weighted by atomic mass is 9.74. The van der Waals surface area contributed by atoms with E-state index < -0.39 is 150 Å². The summed E-state index contributed by atoms with van der Waals surface area (Å²) in [5.41, 5.74) is -2.51. The quantitative estimate of drug-likeness (QED) is 0.0914. The molecule has 23 heteroatoms. The average molecular weight is 1170 g/mol. The molecule has 23 nitrogen and oxygen atoms in total. The Bertz CT molecular complexity index is 2060. The molecule has 0 bridgehead atoms. The topological polar surface area (TPSA) is 260 Å². The van der Waals surface area contributed by atoms with Gasteiger partial charge < -0.3 is 82.1 Å². The third-order valence-electron chi connectivity index (χ3n) is 17.1. The van der Waals surface area contributed by atoms with Gasteiger partial charge in [0.2, 0.25) is 0 Å². The Kier molecular flexibility index (Phi) is 26.3. The fraction of sp³-hybridized carbons (Fsp3) is 0.915. The summed E-state index contributed by atoms with van der Waals surface area (Å²) in [4.78, 5) is 69.7. The van der Waals surface area contributed by atoms with Gasteiger partial charge in [-0.25, -0.2) is 4.79 Å². The molecule has 5 heterocycles. The first-order valence-corrected chi connectivity index (χ1v) is 29.8. The highest BCUT2D eigenvalue weighted by atomic mass is 16.7. The Morgan fingerprint density at radius 2 is 1.49 bits per heavy atom. The van der Waals surface area contributed by atoms with Crippen LogP contribution in [0, 0.1) is 41.4 Å². The van der Waals surface area contributed by atoms with Crippen molar-refractivity contribution in [2.45, 2.75) is 233 Å². The number of nitrogens with zero attached hydrogens (tertiary/aromatic N) is 3. The molecule has 1 unspecified atom stereocenters. The molecule has 5 aliphatic rings. The van der Waals surface area contributed by atoms with E-state index in [9.17, 15) is 19.8 Å². The number of hydrogen-bond acceptors (Lipinski definition) is 22. The monoisotopic (exact) mass is 1170 g/mol. The van der Waals surface area contributed by atoms with E-state index in [1.54, 1.807) is 34.6 Å². The Morgan fingerprint density at radius 1 is 0.829 bits per heavy atom. The van der Waals surface area contributed by atoms with Gasteiger partial charge in [-0.1, -0.05) is 53.6 Å². The zero-order chi connectivity index (χ0) is 61.1. The normalized spacial score (nSPS) is 40.1. The molecule has 5 saturated heterocycles. The molecule has 0 aromatic carbocycles. The standard InChI is InChI=1S/C59H104N4O19/c1-31(2)24-43(64)78-49-38(9)48(33(4)29-74-56-52(71-18)51(70-17)45(65)41(12)77-56)80-54(68)40(11)50(79-44-25-34(5)62(16)28-36(7)75-44)37(8)47(81-55-46(66)42(61-72-19)26-35(6)76-55)32(3)27-59(15,53(67)39(49)10)82-57(69)60-58(13,14)30-63-20-22-73-23-21-63/h31-41,44-52,55-56,65-66H,20-30H2,1-19H3,(H,60,69)/t32-,33-,34?,35+,36-,37+,38-,39+,40+,41+,44-,45+,46+,47-,48+,49+,50-,51+,52+,55-,56+,59-/m0/s1. The molecular formula is C59H104N4O19. The number of rotatable bonds is 18. The molecule has 474 valence electrons. The SMILES string of the molecule is CON=C1C[C@@H](C)O[C@@H](O[C@@H]2[C@@H](C)[C@H](O[C@H]3CC(C)N(C)C[C@H](C)O3)[C@@H](C)C(=O)O[C@H]([C@@H](C)CO[C@@H]3O[C@H](C)[C@@H](O)[C@@H](OC)[C@H]3OC)[C@H](C)[C@@H](OC(=O)CC(C)C)[C@@H](C)C(=O)[C@@](C)(OC(=O)NC(C)(C)CN3CCOCC3)C[C@@H]2C)[C@@H]1O. The third kappa shape index (κ3) is 18.4. The maximum Gasteiger partial charge on any atom is 0.408 e. The number of hydrogen-bond donors (Lipinski definition) is 3. The number of morpholine rings is 1. The van der Waals surface area contributed by atoms with E-state index in [0.717, 1.165) is 0 Å². The van der Waals surface area contributed by atoms with Crippen molar-refractivity contribution in [2.75, 3.05) is 74.4 Å². The molecule has 82 heavy (non-hydrogen) atoms. The zero-order valence-electron chi connectivity index (χ0n) is 52.7. The van der Waals surface area contributed by atoms with Gasteiger partial charge in [-0.3, -0.25) is 19.3 Å². The van der Waals surface area contributed by atoms with Gasteiger partial charge in [0, 0.05) is 83.5 Å². The van der Waals surface area contributed by atoms with Gasteiger partial charge in [-0.15, -0.1) is 0 Å². The van der Waals surface area contributed by atoms with E-state index in [1.807, 2.05) is 69.4 Å². The lowest BCUT2D eigenvalue weighted by Crippen LogP contribution is -2.59. The van der Waals surface area contributed by atoms with Crippen molar-refractivity contribution in [1.82, 2.24) is 15.1 Å². The number of alkyl carbamates (subject to hydrolysis) is 1. The molecular weight excluding hydrogens is 1070 g/mol. The predicted molar refractivity (Wildman–Crippen MR) is 301 cm³/mol. The predicted octanol–water partition coefficient (Wildman–Crippen LogP) is 5.12. The number of aliphatic hydroxyl groups is 2. The second kappa shape index (κ2) is 31.0. The van der Waals surface area contributed by atoms with Crippen molar-refractivity contribution >= 4 is 29.5 Å². The fourth-order valence-corrected chi connectivity index (χ4v) is 12.6. The number of nitrogens with one attached hydrogen (secondary N) is 1. The number of ketones is 1. The van der Waals surface area contributed by atoms with Crippen LogP contribution in [-0.2, 0) is 76.1 Å². The second-order valence-corrected chi connectivity index (χ2v) is 25.6. The number of aliphatic hydroxyl groups excluding tert-OH is 2. The number of cyclic esters (lactones) is 1. The van der Waals surface area contributed by atoms with Crippen LogP contribution in [0.15, 0.2) is 5.16 Å². The number of carbonyl (C=O) groups is 4. The van der Waals surface area contributed by atoms with E-state index in [4.69, 9.17) is 61.7 Å². The van der Waals surface area contributed by atoms with Crippen LogP contribution in [0.2, 0.25) is 0 Å². The largest absolute Gasteiger partial charge is 0.461 e. The van der Waals surface area contributed by atoms with Crippen LogP contribution in [0.1, 0.15) is 130 Å². The summed E-state index contributed by atoms with van der Waals surface area (Å²) in [6.45, 7) is 30.6. The van der Waals surface area contributed by atoms with Gasteiger partial charge in [0.1, 0.15) is 43.7 Å². The van der Waals surface area contributed by atoms with Crippen molar-refractivity contribution in [2.24, 2.45) is 46.6 Å². The highest BCUT2D eigenvalue weighted by Gasteiger charge is 2.53. The maximum absolute atomic E-state index is 16.0. The van der Waals surface area contributed by atoms with Gasteiger partial charge >= 0.3 is 18.0 Å². The molecule has 0 radical (unpaired) electrons. The molecule has 0 saturated carbocycles. The smallest absolute Gasteiger partial charge is 0.408 e. The van der Waals surface area contributed by atoms with E-state index in [0.29, 0.717) is 51.5 Å². The summed E-state index contributed by atoms with van der Waals surface area (Å²) in [6, 6.07) is 0.0105. The number of methoxy groups -OCH3 is 2. The highest BCUT2D eigenvalue weighted by Crippen LogP contribution is 2.41. The minimum atomic E-state index is -1.97. The summed E-state index contributed by atoms with van der Waals surface area (Å²) >= 11 is 0. The van der Waals surface area contributed by atoms with Crippen molar-refractivity contribution in [3.8, 4) is 0 Å². The summed E-state index contributed by atoms with van der Waals surface area (Å²) in [6.07, 6.45) is -13.5. The van der Waals surface area contributed by atoms with Crippen LogP contribution in [0.3, 0.4) is 0 Å². The van der Waals surface area contributed by atoms with Gasteiger partial charge in [0.25, 0.3) is 0 Å². The van der Waals surface area contributed by atoms with E-state index in [1.165, 1.54) is 21.3 Å². The molecule has 0 aromatic heterocycles. The minimum Gasteiger partial charge on any atom is -0.461 e. The Morgan fingerprint density at radius 3 is 2.11 bits per heavy atom. The Hall–Kier alpha value is -3.17. The van der Waals surface area contributed by atoms with Crippen molar-refractivity contribution < 1.29 is 91.1 Å². The summed E-state index contributed by atoms with van der Waals surface area (Å²) < 4.78 is 76.4. The summed E-state index contributed by atoms with van der Waals surface area (Å²) in [5, 5.41) is 30.0. The number of esters is 2. The molecule has 22 atom stereocenters. The minimum absolute atomic E-state index is 0.00848. The summed E-state index contributed by atoms with van der Waals surface area (Å²) in [7, 11) is 6.32. The first-order chi connectivity index (χ1) is 38.4. The lowest BCUT2D eigenvalue weighted by molar-refractivity contribution is -0.305. The molecule has 5 aliphatic heterocycles. The van der Waals surface area contributed by atoms with Crippen molar-refractivity contribution in [3.63, 3.8) is 0 Å². The fourth-order valence-electron chi connectivity index (χ4n) is 12.6. The number of ether oxygens (including phenoxy) is 12. The number of carbonyl (C=O) groups excluding carboxylic acids is 4. The number of likely N-dealkylation sites (N-methyl/N-ethyl adjacent to an activating group) is 1. The van der Waals surface area contributed by atoms with Gasteiger partial charge in [-0.2, -0.15) is 0 Å². The molecule has 3 N–H and O–H groups in total. The van der Waals surface area contributed by atoms with E-state index >= 15 is 9.59 Å². The number of Topliss-reactive ketones (excluding diaryl/α,β-unsaturated/α-hetero) is 1. The van der Waals surface area contributed by atoms with Crippen LogP contribution < -0.4 is 5.32 Å². The molecule has 0 aromatic rings. The maximum atomic E-state index is 16.0. The molecule has 0 spiro atoms. The van der Waals surface area contributed by atoms with E-state index in [-0.39, 0.29) is 43.9 Å². The molecule has 5 rings (SSSR count). The lowest BCUT2D eigenvalue weighted by Gasteiger charge is -2.45. The van der Waals surface area contributed by atoms with E-state index in [2.05, 4.69) is 27.2 Å². The van der Waals surface area contributed by atoms with Crippen LogP contribution in [0.5, 0.6) is 0 Å². The highest BCUT2D eigenvalue weighted by molar-refractivity contribution is 5.92. The average Bonchev–Trinajstić information content (AvgIpc) is 3.58. The van der Waals surface area contributed by atoms with Gasteiger partial charge in [-0.05, 0) is 80.7 Å². The number of oxime groups is 1.